The zero-order chi connectivity index (χ0) is 21.5. The first kappa shape index (κ1) is 21.1. The minimum absolute atomic E-state index is 0.0880. The molecule has 1 N–H and O–H groups in total. The Kier molecular flexibility index (Phi) is 6.84. The smallest absolute Gasteiger partial charge is 0.266 e. The summed E-state index contributed by atoms with van der Waals surface area (Å²) < 4.78 is 19.4. The van der Waals surface area contributed by atoms with Crippen molar-refractivity contribution < 1.29 is 13.9 Å². The molecule has 0 aromatic heterocycles. The molecule has 0 spiro atoms. The number of nitriles is 1. The fraction of sp³-hybridized carbons (Fsp3) is 0.0833. The third kappa shape index (κ3) is 5.25. The van der Waals surface area contributed by atoms with Gasteiger partial charge in [0, 0.05) is 17.1 Å². The van der Waals surface area contributed by atoms with Crippen molar-refractivity contribution >= 4 is 29.3 Å². The van der Waals surface area contributed by atoms with Crippen molar-refractivity contribution in [3.63, 3.8) is 0 Å². The number of ether oxygens (including phenoxy) is 1. The van der Waals surface area contributed by atoms with Crippen molar-refractivity contribution in [2.45, 2.75) is 6.42 Å². The lowest BCUT2D eigenvalue weighted by molar-refractivity contribution is -0.112. The molecule has 30 heavy (non-hydrogen) atoms. The molecule has 0 fully saturated rings. The van der Waals surface area contributed by atoms with Crippen LogP contribution in [0.5, 0.6) is 5.75 Å². The highest BCUT2D eigenvalue weighted by Crippen LogP contribution is 2.24. The molecule has 6 heteroatoms. The minimum Gasteiger partial charge on any atom is -0.497 e. The van der Waals surface area contributed by atoms with Crippen molar-refractivity contribution in [2.75, 3.05) is 12.4 Å². The number of amides is 1. The van der Waals surface area contributed by atoms with E-state index in [0.29, 0.717) is 27.6 Å². The van der Waals surface area contributed by atoms with E-state index >= 15 is 0 Å². The quantitative estimate of drug-likeness (QED) is 0.415. The van der Waals surface area contributed by atoms with E-state index in [9.17, 15) is 14.4 Å². The van der Waals surface area contributed by atoms with Gasteiger partial charge >= 0.3 is 0 Å². The summed E-state index contributed by atoms with van der Waals surface area (Å²) in [5, 5.41) is 12.7. The summed E-state index contributed by atoms with van der Waals surface area (Å²) in [4.78, 5) is 12.6. The highest BCUT2D eigenvalue weighted by atomic mass is 35.5. The largest absolute Gasteiger partial charge is 0.497 e. The first-order valence-corrected chi connectivity index (χ1v) is 9.47. The summed E-state index contributed by atoms with van der Waals surface area (Å²) >= 11 is 5.94. The van der Waals surface area contributed by atoms with Crippen LogP contribution >= 0.6 is 11.6 Å². The van der Waals surface area contributed by atoms with E-state index in [-0.39, 0.29) is 17.8 Å². The Hall–Kier alpha value is -3.62. The molecule has 0 atom stereocenters. The molecule has 0 aliphatic carbocycles. The lowest BCUT2D eigenvalue weighted by Crippen LogP contribution is -2.13. The van der Waals surface area contributed by atoms with Crippen LogP contribution in [-0.4, -0.2) is 13.0 Å². The van der Waals surface area contributed by atoms with Crippen LogP contribution in [0.1, 0.15) is 16.7 Å². The van der Waals surface area contributed by atoms with Crippen LogP contribution in [0.4, 0.5) is 10.1 Å². The predicted molar refractivity (Wildman–Crippen MR) is 116 cm³/mol. The molecular formula is C24H18ClFN2O2. The molecule has 4 nitrogen and oxygen atoms in total. The van der Waals surface area contributed by atoms with Gasteiger partial charge in [0.05, 0.1) is 7.11 Å². The highest BCUT2D eigenvalue weighted by Gasteiger charge is 2.13. The number of hydrogen-bond acceptors (Lipinski definition) is 3. The highest BCUT2D eigenvalue weighted by molar-refractivity contribution is 6.31. The molecule has 0 saturated heterocycles. The van der Waals surface area contributed by atoms with Gasteiger partial charge in [-0.2, -0.15) is 5.26 Å². The summed E-state index contributed by atoms with van der Waals surface area (Å²) in [6.45, 7) is 0. The molecule has 0 radical (unpaired) electrons. The monoisotopic (exact) mass is 420 g/mol. The molecule has 3 aromatic rings. The van der Waals surface area contributed by atoms with Crippen LogP contribution in [0, 0.1) is 17.1 Å². The molecule has 3 rings (SSSR count). The van der Waals surface area contributed by atoms with Crippen LogP contribution in [0.3, 0.4) is 0 Å². The number of anilines is 1. The van der Waals surface area contributed by atoms with Crippen LogP contribution in [0.25, 0.3) is 6.08 Å². The third-order valence-corrected chi connectivity index (χ3v) is 4.67. The number of methoxy groups -OCH3 is 1. The number of halogens is 2. The van der Waals surface area contributed by atoms with E-state index < -0.39 is 5.91 Å². The lowest BCUT2D eigenvalue weighted by atomic mass is 9.97. The van der Waals surface area contributed by atoms with Crippen molar-refractivity contribution in [2.24, 2.45) is 0 Å². The second-order valence-electron chi connectivity index (χ2n) is 6.47. The Labute approximate surface area is 179 Å². The first-order valence-electron chi connectivity index (χ1n) is 9.09. The van der Waals surface area contributed by atoms with Gasteiger partial charge in [0.15, 0.2) is 0 Å². The Bertz CT molecular complexity index is 1150. The maximum absolute atomic E-state index is 14.1. The Morgan fingerprint density at radius 3 is 2.63 bits per heavy atom. The molecule has 0 aliphatic heterocycles. The van der Waals surface area contributed by atoms with Gasteiger partial charge in [-0.05, 0) is 59.2 Å². The van der Waals surface area contributed by atoms with Gasteiger partial charge in [0.25, 0.3) is 5.91 Å². The van der Waals surface area contributed by atoms with Gasteiger partial charge in [-0.3, -0.25) is 4.79 Å². The number of nitrogens with one attached hydrogen (secondary N) is 1. The van der Waals surface area contributed by atoms with Crippen LogP contribution in [-0.2, 0) is 11.2 Å². The topological polar surface area (TPSA) is 62.1 Å². The zero-order valence-corrected chi connectivity index (χ0v) is 16.9. The summed E-state index contributed by atoms with van der Waals surface area (Å²) in [6, 6.07) is 20.3. The van der Waals surface area contributed by atoms with Gasteiger partial charge in [-0.1, -0.05) is 41.9 Å². The van der Waals surface area contributed by atoms with Gasteiger partial charge in [0.2, 0.25) is 0 Å². The summed E-state index contributed by atoms with van der Waals surface area (Å²) in [5.74, 6) is -0.290. The van der Waals surface area contributed by atoms with E-state index in [2.05, 4.69) is 5.32 Å². The fourth-order valence-electron chi connectivity index (χ4n) is 2.92. The minimum atomic E-state index is -0.563. The molecular weight excluding hydrogens is 403 g/mol. The number of rotatable bonds is 6. The van der Waals surface area contributed by atoms with Crippen molar-refractivity contribution in [1.29, 1.82) is 5.26 Å². The first-order chi connectivity index (χ1) is 14.5. The van der Waals surface area contributed by atoms with Crippen LogP contribution in [0.15, 0.2) is 72.3 Å². The summed E-state index contributed by atoms with van der Waals surface area (Å²) in [7, 11) is 1.54. The molecule has 0 heterocycles. The van der Waals surface area contributed by atoms with Crippen LogP contribution in [0.2, 0.25) is 5.02 Å². The van der Waals surface area contributed by atoms with E-state index in [4.69, 9.17) is 16.3 Å². The number of hydrogen-bond donors (Lipinski definition) is 1. The van der Waals surface area contributed by atoms with Crippen molar-refractivity contribution in [3.05, 3.63) is 99.8 Å². The third-order valence-electron chi connectivity index (χ3n) is 4.44. The average Bonchev–Trinajstić information content (AvgIpc) is 2.74. The Morgan fingerprint density at radius 1 is 1.13 bits per heavy atom. The Morgan fingerprint density at radius 2 is 1.93 bits per heavy atom. The molecule has 1 amide bonds. The number of nitrogens with zero attached hydrogens (tertiary/aromatic N) is 1. The number of benzene rings is 3. The molecule has 0 saturated carbocycles. The molecule has 150 valence electrons. The average molecular weight is 421 g/mol. The molecule has 0 aliphatic rings. The molecule has 3 aromatic carbocycles. The standard InChI is InChI=1S/C24H18ClFN2O2/c1-30-22-10-9-16(18(13-22)12-17-5-2-3-8-23(17)26)11-19(15-27)24(29)28-21-7-4-6-20(25)14-21/h2-11,13-14H,12H2,1H3,(H,28,29)/b19-11+. The van der Waals surface area contributed by atoms with E-state index in [1.807, 2.05) is 6.07 Å². The maximum atomic E-state index is 14.1. The van der Waals surface area contributed by atoms with E-state index in [1.54, 1.807) is 60.7 Å². The molecule has 0 unspecified atom stereocenters. The second-order valence-corrected chi connectivity index (χ2v) is 6.90. The van der Waals surface area contributed by atoms with E-state index in [1.165, 1.54) is 19.3 Å². The lowest BCUT2D eigenvalue weighted by Gasteiger charge is -2.11. The second kappa shape index (κ2) is 9.73. The normalized spacial score (nSPS) is 10.9. The summed E-state index contributed by atoms with van der Waals surface area (Å²) in [5.41, 5.74) is 2.24. The van der Waals surface area contributed by atoms with Gasteiger partial charge in [-0.25, -0.2) is 4.39 Å². The Balaban J connectivity index is 1.94. The van der Waals surface area contributed by atoms with Crippen molar-refractivity contribution in [3.8, 4) is 11.8 Å². The predicted octanol–water partition coefficient (Wildman–Crippen LogP) is 5.62. The fourth-order valence-corrected chi connectivity index (χ4v) is 3.11. The van der Waals surface area contributed by atoms with Crippen molar-refractivity contribution in [1.82, 2.24) is 0 Å². The van der Waals surface area contributed by atoms with Crippen LogP contribution < -0.4 is 10.1 Å². The van der Waals surface area contributed by atoms with Gasteiger partial charge in [0.1, 0.15) is 23.2 Å². The van der Waals surface area contributed by atoms with Gasteiger partial charge < -0.3 is 10.1 Å². The van der Waals surface area contributed by atoms with E-state index in [0.717, 1.165) is 5.56 Å². The number of carbonyl (C=O) groups excluding carboxylic acids is 1. The zero-order valence-electron chi connectivity index (χ0n) is 16.2. The number of carbonyl (C=O) groups is 1. The SMILES string of the molecule is COc1ccc(/C=C(\C#N)C(=O)Nc2cccc(Cl)c2)c(Cc2ccccc2F)c1. The molecule has 0 bridgehead atoms. The van der Waals surface area contributed by atoms with Gasteiger partial charge in [-0.15, -0.1) is 0 Å². The summed E-state index contributed by atoms with van der Waals surface area (Å²) in [6.07, 6.45) is 1.76. The maximum Gasteiger partial charge on any atom is 0.266 e.